The lowest BCUT2D eigenvalue weighted by molar-refractivity contribution is -0.686. The van der Waals surface area contributed by atoms with Crippen molar-refractivity contribution in [3.8, 4) is 11.4 Å². The quantitative estimate of drug-likeness (QED) is 0.0882. The predicted molar refractivity (Wildman–Crippen MR) is 164 cm³/mol. The Labute approximate surface area is 236 Å². The lowest BCUT2D eigenvalue weighted by Gasteiger charge is -2.07. The van der Waals surface area contributed by atoms with Crippen molar-refractivity contribution >= 4 is 0 Å². The highest BCUT2D eigenvalue weighted by molar-refractivity contribution is 5.51. The largest absolute Gasteiger partial charge is 0.335 e. The molecule has 3 nitrogen and oxygen atoms in total. The maximum Gasteiger partial charge on any atom is 0.328 e. The predicted octanol–water partition coefficient (Wildman–Crippen LogP) is 10.5. The summed E-state index contributed by atoms with van der Waals surface area (Å²) in [4.78, 5) is 6.26. The molecule has 216 valence electrons. The van der Waals surface area contributed by atoms with E-state index in [1.807, 2.05) is 4.73 Å². The van der Waals surface area contributed by atoms with Crippen LogP contribution in [0.15, 0.2) is 42.7 Å². The van der Waals surface area contributed by atoms with Crippen LogP contribution in [0.3, 0.4) is 0 Å². The monoisotopic (exact) mass is 525 g/mol. The average molecular weight is 526 g/mol. The molecule has 0 aliphatic heterocycles. The van der Waals surface area contributed by atoms with E-state index in [-0.39, 0.29) is 0 Å². The van der Waals surface area contributed by atoms with Crippen LogP contribution in [0.5, 0.6) is 0 Å². The molecule has 0 spiro atoms. The molecule has 38 heavy (non-hydrogen) atoms. The van der Waals surface area contributed by atoms with Gasteiger partial charge in [-0.1, -0.05) is 148 Å². The molecule has 3 heteroatoms. The van der Waals surface area contributed by atoms with E-state index >= 15 is 0 Å². The third-order valence-corrected chi connectivity index (χ3v) is 7.88. The number of imidazole rings is 1. The van der Waals surface area contributed by atoms with Crippen LogP contribution < -0.4 is 9.40 Å². The van der Waals surface area contributed by atoms with Crippen molar-refractivity contribution in [1.82, 2.24) is 4.73 Å². The zero-order chi connectivity index (χ0) is 26.9. The topological polar surface area (TPSA) is 18.0 Å². The second kappa shape index (κ2) is 23.1. The molecule has 2 aromatic rings. The van der Waals surface area contributed by atoms with Gasteiger partial charge in [-0.2, -0.15) is 0 Å². The number of hydrogen-bond donors (Lipinski definition) is 0. The van der Waals surface area contributed by atoms with Gasteiger partial charge in [0.2, 0.25) is 0 Å². The fourth-order valence-corrected chi connectivity index (χ4v) is 5.45. The second-order valence-corrected chi connectivity index (χ2v) is 11.4. The van der Waals surface area contributed by atoms with Gasteiger partial charge in [-0.15, -0.1) is 0 Å². The van der Waals surface area contributed by atoms with E-state index in [4.69, 9.17) is 4.84 Å². The summed E-state index contributed by atoms with van der Waals surface area (Å²) in [5.41, 5.74) is 1.23. The summed E-state index contributed by atoms with van der Waals surface area (Å²) in [6.07, 6.45) is 34.6. The van der Waals surface area contributed by atoms with Crippen LogP contribution in [-0.4, -0.2) is 11.3 Å². The molecule has 0 amide bonds. The molecular formula is C35H61N2O+. The van der Waals surface area contributed by atoms with Crippen LogP contribution >= 0.6 is 0 Å². The van der Waals surface area contributed by atoms with Gasteiger partial charge in [-0.05, 0) is 42.5 Å². The Kier molecular flexibility index (Phi) is 19.8. The van der Waals surface area contributed by atoms with Gasteiger partial charge in [0, 0.05) is 0 Å². The first-order chi connectivity index (χ1) is 18.9. The summed E-state index contributed by atoms with van der Waals surface area (Å²) in [5, 5.41) is 0. The molecule has 0 fully saturated rings. The van der Waals surface area contributed by atoms with Gasteiger partial charge >= 0.3 is 5.82 Å². The van der Waals surface area contributed by atoms with Crippen molar-refractivity contribution in [2.75, 3.05) is 6.61 Å². The van der Waals surface area contributed by atoms with Crippen LogP contribution in [0.2, 0.25) is 0 Å². The molecule has 0 bridgehead atoms. The smallest absolute Gasteiger partial charge is 0.328 e. The normalized spacial score (nSPS) is 11.3. The molecule has 0 N–H and O–H groups in total. The van der Waals surface area contributed by atoms with E-state index in [2.05, 4.69) is 61.1 Å². The zero-order valence-electron chi connectivity index (χ0n) is 25.3. The van der Waals surface area contributed by atoms with E-state index < -0.39 is 0 Å². The molecule has 1 aromatic heterocycles. The molecule has 0 atom stereocenters. The van der Waals surface area contributed by atoms with Crippen LogP contribution in [0.1, 0.15) is 155 Å². The van der Waals surface area contributed by atoms with Crippen molar-refractivity contribution in [3.05, 3.63) is 42.7 Å². The van der Waals surface area contributed by atoms with E-state index in [1.165, 1.54) is 146 Å². The van der Waals surface area contributed by atoms with Gasteiger partial charge in [0.05, 0.1) is 12.1 Å². The summed E-state index contributed by atoms with van der Waals surface area (Å²) in [7, 11) is 0. The summed E-state index contributed by atoms with van der Waals surface area (Å²) in [6, 6.07) is 10.7. The number of aromatic nitrogens is 2. The average Bonchev–Trinajstić information content (AvgIpc) is 3.35. The molecule has 0 aliphatic rings. The molecule has 0 radical (unpaired) electrons. The molecular weight excluding hydrogens is 464 g/mol. The van der Waals surface area contributed by atoms with Crippen molar-refractivity contribution in [2.24, 2.45) is 0 Å². The van der Waals surface area contributed by atoms with E-state index in [0.29, 0.717) is 0 Å². The minimum atomic E-state index is 0.796. The van der Waals surface area contributed by atoms with Crippen LogP contribution in [0, 0.1) is 0 Å². The lowest BCUT2D eigenvalue weighted by Crippen LogP contribution is -2.35. The second-order valence-electron chi connectivity index (χ2n) is 11.4. The van der Waals surface area contributed by atoms with E-state index in [0.717, 1.165) is 19.6 Å². The zero-order valence-corrected chi connectivity index (χ0v) is 25.3. The van der Waals surface area contributed by atoms with Crippen molar-refractivity contribution in [3.63, 3.8) is 0 Å². The fourth-order valence-electron chi connectivity index (χ4n) is 5.45. The Balaban J connectivity index is 1.59. The fraction of sp³-hybridized carbons (Fsp3) is 0.743. The highest BCUT2D eigenvalue weighted by Crippen LogP contribution is 2.17. The maximum atomic E-state index is 6.26. The summed E-state index contributed by atoms with van der Waals surface area (Å²) >= 11 is 0. The molecule has 0 saturated heterocycles. The van der Waals surface area contributed by atoms with Crippen molar-refractivity contribution in [1.29, 1.82) is 0 Å². The first-order valence-corrected chi connectivity index (χ1v) is 16.7. The lowest BCUT2D eigenvalue weighted by atomic mass is 10.0. The molecule has 2 rings (SSSR count). The third kappa shape index (κ3) is 15.0. The summed E-state index contributed by atoms with van der Waals surface area (Å²) < 4.78 is 4.40. The maximum absolute atomic E-state index is 6.26. The Bertz CT molecular complexity index is 769. The summed E-state index contributed by atoms with van der Waals surface area (Å²) in [6.45, 7) is 6.45. The molecule has 1 heterocycles. The van der Waals surface area contributed by atoms with Crippen LogP contribution in [-0.2, 0) is 6.54 Å². The highest BCUT2D eigenvalue weighted by atomic mass is 16.7. The van der Waals surface area contributed by atoms with Gasteiger partial charge in [-0.3, -0.25) is 0 Å². The van der Waals surface area contributed by atoms with E-state index in [1.54, 1.807) is 0 Å². The summed E-state index contributed by atoms with van der Waals surface area (Å²) in [5.74, 6) is 1.18. The Morgan fingerprint density at radius 3 is 1.50 bits per heavy atom. The van der Waals surface area contributed by atoms with Gasteiger partial charge in [0.15, 0.2) is 6.20 Å². The number of rotatable bonds is 26. The highest BCUT2D eigenvalue weighted by Gasteiger charge is 2.20. The number of aryl methyl sites for hydroxylation is 1. The Morgan fingerprint density at radius 2 is 1.00 bits per heavy atom. The third-order valence-electron chi connectivity index (χ3n) is 7.88. The van der Waals surface area contributed by atoms with Crippen LogP contribution in [0.25, 0.3) is 11.4 Å². The SMILES string of the molecule is CCCCCCCCCCCCCCCCOn1cc[n+](CCCCCCCCCC)c1-c1ccccc1. The van der Waals surface area contributed by atoms with E-state index in [9.17, 15) is 0 Å². The van der Waals surface area contributed by atoms with Crippen LogP contribution in [0.4, 0.5) is 0 Å². The van der Waals surface area contributed by atoms with Gasteiger partial charge < -0.3 is 4.84 Å². The molecule has 0 aliphatic carbocycles. The first-order valence-electron chi connectivity index (χ1n) is 16.7. The molecule has 0 unspecified atom stereocenters. The Hall–Kier alpha value is -1.77. The van der Waals surface area contributed by atoms with Crippen molar-refractivity contribution in [2.45, 2.75) is 162 Å². The number of unbranched alkanes of at least 4 members (excludes halogenated alkanes) is 20. The van der Waals surface area contributed by atoms with Gasteiger partial charge in [0.25, 0.3) is 0 Å². The molecule has 0 saturated carbocycles. The number of nitrogens with zero attached hydrogens (tertiary/aromatic N) is 2. The number of benzene rings is 1. The standard InChI is InChI=1S/C35H61N2O/c1-3-5-7-9-11-13-14-15-16-17-18-20-22-27-33-38-37-32-31-36(35(37)34-28-24-23-25-29-34)30-26-21-19-12-10-8-6-4-2/h23-25,28-29,31-32H,3-22,26-27,30,33H2,1-2H3/q+1. The molecule has 1 aromatic carbocycles. The van der Waals surface area contributed by atoms with Gasteiger partial charge in [-0.25, -0.2) is 4.57 Å². The minimum Gasteiger partial charge on any atom is -0.335 e. The van der Waals surface area contributed by atoms with Crippen molar-refractivity contribution < 1.29 is 9.40 Å². The van der Waals surface area contributed by atoms with Gasteiger partial charge in [0.1, 0.15) is 12.8 Å². The number of hydrogen-bond acceptors (Lipinski definition) is 1. The Morgan fingerprint density at radius 1 is 0.553 bits per heavy atom. The first kappa shape index (κ1) is 32.4. The minimum absolute atomic E-state index is 0.796.